The zero-order valence-electron chi connectivity index (χ0n) is 12.9. The average molecular weight is 543 g/mol. The molecule has 122 valence electrons. The number of amides is 1. The Kier molecular flexibility index (Phi) is 7.05. The normalized spacial score (nSPS) is 10.8. The second-order valence-electron chi connectivity index (χ2n) is 4.95. The maximum absolute atomic E-state index is 12.2. The van der Waals surface area contributed by atoms with Crippen molar-refractivity contribution in [1.29, 1.82) is 5.26 Å². The summed E-state index contributed by atoms with van der Waals surface area (Å²) in [5, 5.41) is 15.2. The topological polar surface area (TPSA) is 64.9 Å². The monoisotopic (exact) mass is 543 g/mol. The largest absolute Gasteiger partial charge is 0.386 e. The van der Waals surface area contributed by atoms with E-state index in [0.717, 1.165) is 24.0 Å². The summed E-state index contributed by atoms with van der Waals surface area (Å²) in [6, 6.07) is 15.5. The van der Waals surface area contributed by atoms with E-state index in [1.54, 1.807) is 6.08 Å². The van der Waals surface area contributed by atoms with Crippen LogP contribution in [0.3, 0.4) is 0 Å². The maximum Gasteiger partial charge on any atom is 0.262 e. The van der Waals surface area contributed by atoms with Gasteiger partial charge in [0.25, 0.3) is 5.91 Å². The van der Waals surface area contributed by atoms with Crippen molar-refractivity contribution in [1.82, 2.24) is 5.32 Å². The number of anilines is 1. The minimum absolute atomic E-state index is 0.0924. The van der Waals surface area contributed by atoms with Gasteiger partial charge in [0.15, 0.2) is 0 Å². The molecular weight excluding hydrogens is 528 g/mol. The molecule has 0 aromatic heterocycles. The molecule has 4 nitrogen and oxygen atoms in total. The fourth-order valence-electron chi connectivity index (χ4n) is 2.10. The molecule has 0 bridgehead atoms. The molecular formula is C18H15I2N3O. The van der Waals surface area contributed by atoms with E-state index >= 15 is 0 Å². The molecule has 0 atom stereocenters. The Labute approximate surface area is 168 Å². The SMILES string of the molecule is CNc1c(I)cc(/C=C(/C#N)C(=O)NCc2ccccc2)cc1I. The number of hydrogen-bond donors (Lipinski definition) is 2. The molecule has 0 saturated carbocycles. The number of benzene rings is 2. The van der Waals surface area contributed by atoms with Gasteiger partial charge in [-0.1, -0.05) is 30.3 Å². The highest BCUT2D eigenvalue weighted by Gasteiger charge is 2.10. The van der Waals surface area contributed by atoms with E-state index < -0.39 is 0 Å². The fourth-order valence-corrected chi connectivity index (χ4v) is 4.46. The standard InChI is InChI=1S/C18H15I2N3O/c1-22-17-15(19)8-13(9-16(17)20)7-14(10-21)18(24)23-11-12-5-3-2-4-6-12/h2-9,22H,11H2,1H3,(H,23,24)/b14-7-. The quantitative estimate of drug-likeness (QED) is 0.339. The second-order valence-corrected chi connectivity index (χ2v) is 7.27. The summed E-state index contributed by atoms with van der Waals surface area (Å²) < 4.78 is 2.07. The van der Waals surface area contributed by atoms with Crippen molar-refractivity contribution in [3.05, 3.63) is 66.3 Å². The smallest absolute Gasteiger partial charge is 0.262 e. The van der Waals surface area contributed by atoms with Gasteiger partial charge < -0.3 is 10.6 Å². The molecule has 1 amide bonds. The molecule has 0 aliphatic heterocycles. The molecule has 2 rings (SSSR count). The summed E-state index contributed by atoms with van der Waals surface area (Å²) in [4.78, 5) is 12.2. The van der Waals surface area contributed by atoms with Gasteiger partial charge in [-0.05, 0) is 74.5 Å². The van der Waals surface area contributed by atoms with E-state index in [2.05, 4.69) is 55.8 Å². The van der Waals surface area contributed by atoms with E-state index in [0.29, 0.717) is 6.54 Å². The third kappa shape index (κ3) is 4.95. The Hall–Kier alpha value is -1.60. The lowest BCUT2D eigenvalue weighted by Gasteiger charge is -2.09. The lowest BCUT2D eigenvalue weighted by molar-refractivity contribution is -0.117. The number of halogens is 2. The van der Waals surface area contributed by atoms with E-state index in [9.17, 15) is 10.1 Å². The first-order valence-corrected chi connectivity index (χ1v) is 9.31. The number of rotatable bonds is 5. The number of carbonyl (C=O) groups is 1. The van der Waals surface area contributed by atoms with Gasteiger partial charge in [0.2, 0.25) is 0 Å². The van der Waals surface area contributed by atoms with Gasteiger partial charge in [0, 0.05) is 20.7 Å². The summed E-state index contributed by atoms with van der Waals surface area (Å²) in [5.41, 5.74) is 2.95. The van der Waals surface area contributed by atoms with Crippen LogP contribution >= 0.6 is 45.2 Å². The average Bonchev–Trinajstić information content (AvgIpc) is 2.58. The number of carbonyl (C=O) groups excluding carboxylic acids is 1. The first-order chi connectivity index (χ1) is 11.5. The Morgan fingerprint density at radius 3 is 2.38 bits per heavy atom. The third-order valence-corrected chi connectivity index (χ3v) is 4.99. The molecule has 0 fully saturated rings. The highest BCUT2D eigenvalue weighted by molar-refractivity contribution is 14.1. The van der Waals surface area contributed by atoms with Crippen LogP contribution in [0.5, 0.6) is 0 Å². The zero-order chi connectivity index (χ0) is 17.5. The van der Waals surface area contributed by atoms with Crippen molar-refractivity contribution < 1.29 is 4.79 Å². The van der Waals surface area contributed by atoms with E-state index in [4.69, 9.17) is 0 Å². The van der Waals surface area contributed by atoms with Crippen molar-refractivity contribution >= 4 is 62.9 Å². The maximum atomic E-state index is 12.2. The van der Waals surface area contributed by atoms with Crippen LogP contribution in [-0.4, -0.2) is 13.0 Å². The van der Waals surface area contributed by atoms with Crippen molar-refractivity contribution in [2.45, 2.75) is 6.54 Å². The summed E-state index contributed by atoms with van der Waals surface area (Å²) >= 11 is 4.46. The van der Waals surface area contributed by atoms with Gasteiger partial charge in [0.05, 0.1) is 5.69 Å². The van der Waals surface area contributed by atoms with E-state index in [-0.39, 0.29) is 11.5 Å². The van der Waals surface area contributed by atoms with Crippen molar-refractivity contribution in [3.8, 4) is 6.07 Å². The molecule has 24 heavy (non-hydrogen) atoms. The second kappa shape index (κ2) is 9.03. The zero-order valence-corrected chi connectivity index (χ0v) is 17.3. The van der Waals surface area contributed by atoms with Crippen LogP contribution in [0.4, 0.5) is 5.69 Å². The highest BCUT2D eigenvalue weighted by atomic mass is 127. The molecule has 2 N–H and O–H groups in total. The van der Waals surface area contributed by atoms with Gasteiger partial charge in [-0.15, -0.1) is 0 Å². The molecule has 2 aromatic carbocycles. The number of hydrogen-bond acceptors (Lipinski definition) is 3. The van der Waals surface area contributed by atoms with Crippen molar-refractivity contribution in [2.75, 3.05) is 12.4 Å². The molecule has 0 heterocycles. The first kappa shape index (κ1) is 18.7. The minimum atomic E-state index is -0.371. The van der Waals surface area contributed by atoms with Crippen LogP contribution in [0.1, 0.15) is 11.1 Å². The van der Waals surface area contributed by atoms with Gasteiger partial charge in [-0.25, -0.2) is 0 Å². The number of nitriles is 1. The molecule has 0 unspecified atom stereocenters. The summed E-state index contributed by atoms with van der Waals surface area (Å²) in [5.74, 6) is -0.371. The lowest BCUT2D eigenvalue weighted by atomic mass is 10.1. The summed E-state index contributed by atoms with van der Waals surface area (Å²) in [6.07, 6.45) is 1.62. The summed E-state index contributed by atoms with van der Waals surface area (Å²) in [6.45, 7) is 0.395. The van der Waals surface area contributed by atoms with Gasteiger partial charge in [-0.2, -0.15) is 5.26 Å². The number of nitrogens with one attached hydrogen (secondary N) is 2. The van der Waals surface area contributed by atoms with Crippen LogP contribution in [0.2, 0.25) is 0 Å². The fraction of sp³-hybridized carbons (Fsp3) is 0.111. The third-order valence-electron chi connectivity index (χ3n) is 3.29. The van der Waals surface area contributed by atoms with Crippen LogP contribution in [-0.2, 0) is 11.3 Å². The highest BCUT2D eigenvalue weighted by Crippen LogP contribution is 2.27. The number of nitrogens with zero attached hydrogens (tertiary/aromatic N) is 1. The van der Waals surface area contributed by atoms with E-state index in [1.165, 1.54) is 0 Å². The van der Waals surface area contributed by atoms with Crippen LogP contribution in [0.25, 0.3) is 6.08 Å². The summed E-state index contributed by atoms with van der Waals surface area (Å²) in [7, 11) is 1.87. The van der Waals surface area contributed by atoms with Crippen LogP contribution < -0.4 is 10.6 Å². The molecule has 0 aliphatic rings. The molecule has 0 aliphatic carbocycles. The van der Waals surface area contributed by atoms with Crippen molar-refractivity contribution in [3.63, 3.8) is 0 Å². The molecule has 0 saturated heterocycles. The molecule has 0 radical (unpaired) electrons. The van der Waals surface area contributed by atoms with Crippen LogP contribution in [0.15, 0.2) is 48.0 Å². The van der Waals surface area contributed by atoms with Gasteiger partial charge in [-0.3, -0.25) is 4.79 Å². The predicted molar refractivity (Wildman–Crippen MR) is 113 cm³/mol. The predicted octanol–water partition coefficient (Wildman–Crippen LogP) is 4.16. The Balaban J connectivity index is 2.17. The van der Waals surface area contributed by atoms with Crippen molar-refractivity contribution in [2.24, 2.45) is 0 Å². The molecule has 0 spiro atoms. The first-order valence-electron chi connectivity index (χ1n) is 7.16. The van der Waals surface area contributed by atoms with Gasteiger partial charge >= 0.3 is 0 Å². The van der Waals surface area contributed by atoms with Gasteiger partial charge in [0.1, 0.15) is 11.6 Å². The van der Waals surface area contributed by atoms with E-state index in [1.807, 2.05) is 55.6 Å². The molecule has 2 aromatic rings. The molecule has 6 heteroatoms. The Morgan fingerprint density at radius 2 is 1.83 bits per heavy atom. The Bertz CT molecular complexity index is 788. The Morgan fingerprint density at radius 1 is 1.21 bits per heavy atom. The van der Waals surface area contributed by atoms with Crippen LogP contribution in [0, 0.1) is 18.5 Å². The minimum Gasteiger partial charge on any atom is -0.386 e. The lowest BCUT2D eigenvalue weighted by Crippen LogP contribution is -2.23.